The quantitative estimate of drug-likeness (QED) is 0.851. The largest absolute Gasteiger partial charge is 0.326 e. The molecular formula is C14H22N2O. The first kappa shape index (κ1) is 12.4. The second-order valence-corrected chi connectivity index (χ2v) is 5.46. The smallest absolute Gasteiger partial charge is 0.255 e. The van der Waals surface area contributed by atoms with Crippen LogP contribution in [0.4, 0.5) is 0 Å². The first-order valence-corrected chi connectivity index (χ1v) is 6.50. The van der Waals surface area contributed by atoms with Crippen molar-refractivity contribution >= 4 is 0 Å². The van der Waals surface area contributed by atoms with Crippen molar-refractivity contribution in [3.8, 4) is 0 Å². The van der Waals surface area contributed by atoms with Crippen LogP contribution in [0.5, 0.6) is 0 Å². The molecule has 2 rings (SSSR count). The molecule has 0 aliphatic heterocycles. The van der Waals surface area contributed by atoms with Crippen molar-refractivity contribution in [3.05, 3.63) is 33.2 Å². The predicted octanol–water partition coefficient (Wildman–Crippen LogP) is 2.01. The van der Waals surface area contributed by atoms with Gasteiger partial charge in [-0.1, -0.05) is 6.92 Å². The molecule has 3 nitrogen and oxygen atoms in total. The summed E-state index contributed by atoms with van der Waals surface area (Å²) in [6, 6.07) is 2.25. The SMILES string of the molecule is CC1CCc2c(cc(CN)c(=O)n2C(C)C)C1. The summed E-state index contributed by atoms with van der Waals surface area (Å²) in [5.41, 5.74) is 9.10. The van der Waals surface area contributed by atoms with Crippen molar-refractivity contribution in [2.45, 2.75) is 52.6 Å². The maximum absolute atomic E-state index is 12.3. The Bertz CT molecular complexity index is 474. The Hall–Kier alpha value is -1.09. The topological polar surface area (TPSA) is 48.0 Å². The molecule has 0 spiro atoms. The summed E-state index contributed by atoms with van der Waals surface area (Å²) in [7, 11) is 0. The second-order valence-electron chi connectivity index (χ2n) is 5.46. The minimum absolute atomic E-state index is 0.107. The Labute approximate surface area is 103 Å². The number of nitrogens with zero attached hydrogens (tertiary/aromatic N) is 1. The average molecular weight is 234 g/mol. The van der Waals surface area contributed by atoms with Crippen LogP contribution in [0.3, 0.4) is 0 Å². The molecule has 0 aromatic carbocycles. The standard InChI is InChI=1S/C14H22N2O/c1-9(2)16-13-5-4-10(3)6-11(13)7-12(8-15)14(16)17/h7,9-10H,4-6,8,15H2,1-3H3. The van der Waals surface area contributed by atoms with Gasteiger partial charge in [-0.05, 0) is 50.7 Å². The third kappa shape index (κ3) is 2.16. The lowest BCUT2D eigenvalue weighted by molar-refractivity contribution is 0.451. The van der Waals surface area contributed by atoms with Crippen molar-refractivity contribution in [1.29, 1.82) is 0 Å². The molecule has 0 radical (unpaired) electrons. The maximum Gasteiger partial charge on any atom is 0.255 e. The summed E-state index contributed by atoms with van der Waals surface area (Å²) >= 11 is 0. The van der Waals surface area contributed by atoms with Crippen LogP contribution in [0.15, 0.2) is 10.9 Å². The molecule has 1 aromatic rings. The van der Waals surface area contributed by atoms with E-state index in [1.807, 2.05) is 10.6 Å². The Kier molecular flexibility index (Phi) is 3.38. The lowest BCUT2D eigenvalue weighted by Crippen LogP contribution is -2.32. The lowest BCUT2D eigenvalue weighted by atomic mass is 9.86. The van der Waals surface area contributed by atoms with Crippen LogP contribution >= 0.6 is 0 Å². The third-order valence-corrected chi connectivity index (χ3v) is 3.68. The summed E-state index contributed by atoms with van der Waals surface area (Å²) in [4.78, 5) is 12.3. The summed E-state index contributed by atoms with van der Waals surface area (Å²) in [6.45, 7) is 6.75. The van der Waals surface area contributed by atoms with Gasteiger partial charge in [0.2, 0.25) is 0 Å². The molecule has 0 bridgehead atoms. The van der Waals surface area contributed by atoms with E-state index in [0.717, 1.165) is 18.4 Å². The molecular weight excluding hydrogens is 212 g/mol. The fourth-order valence-electron chi connectivity index (χ4n) is 2.80. The Morgan fingerprint density at radius 2 is 2.24 bits per heavy atom. The highest BCUT2D eigenvalue weighted by Crippen LogP contribution is 2.26. The number of nitrogens with two attached hydrogens (primary N) is 1. The molecule has 0 saturated carbocycles. The summed E-state index contributed by atoms with van der Waals surface area (Å²) in [6.07, 6.45) is 3.28. The molecule has 0 saturated heterocycles. The normalized spacial score (nSPS) is 19.5. The molecule has 1 unspecified atom stereocenters. The molecule has 0 amide bonds. The highest BCUT2D eigenvalue weighted by molar-refractivity contribution is 5.30. The van der Waals surface area contributed by atoms with E-state index in [0.29, 0.717) is 12.5 Å². The molecule has 1 aliphatic rings. The van der Waals surface area contributed by atoms with Crippen molar-refractivity contribution in [2.24, 2.45) is 11.7 Å². The zero-order valence-electron chi connectivity index (χ0n) is 11.0. The Morgan fingerprint density at radius 3 is 2.82 bits per heavy atom. The van der Waals surface area contributed by atoms with Gasteiger partial charge in [0, 0.05) is 23.8 Å². The third-order valence-electron chi connectivity index (χ3n) is 3.68. The van der Waals surface area contributed by atoms with Crippen molar-refractivity contribution in [3.63, 3.8) is 0 Å². The number of fused-ring (bicyclic) bond motifs is 1. The van der Waals surface area contributed by atoms with Crippen LogP contribution in [0.25, 0.3) is 0 Å². The average Bonchev–Trinajstić information content (AvgIpc) is 2.28. The van der Waals surface area contributed by atoms with Crippen molar-refractivity contribution in [1.82, 2.24) is 4.57 Å². The van der Waals surface area contributed by atoms with E-state index in [1.54, 1.807) is 0 Å². The summed E-state index contributed by atoms with van der Waals surface area (Å²) < 4.78 is 1.95. The summed E-state index contributed by atoms with van der Waals surface area (Å²) in [5, 5.41) is 0. The monoisotopic (exact) mass is 234 g/mol. The van der Waals surface area contributed by atoms with E-state index < -0.39 is 0 Å². The van der Waals surface area contributed by atoms with Crippen molar-refractivity contribution in [2.75, 3.05) is 0 Å². The van der Waals surface area contributed by atoms with Gasteiger partial charge >= 0.3 is 0 Å². The predicted molar refractivity (Wildman–Crippen MR) is 70.2 cm³/mol. The van der Waals surface area contributed by atoms with Gasteiger partial charge in [-0.3, -0.25) is 4.79 Å². The van der Waals surface area contributed by atoms with E-state index in [1.165, 1.54) is 17.7 Å². The lowest BCUT2D eigenvalue weighted by Gasteiger charge is -2.27. The minimum Gasteiger partial charge on any atom is -0.326 e. The maximum atomic E-state index is 12.3. The molecule has 94 valence electrons. The van der Waals surface area contributed by atoms with Crippen LogP contribution in [0.2, 0.25) is 0 Å². The molecule has 1 heterocycles. The van der Waals surface area contributed by atoms with Crippen molar-refractivity contribution < 1.29 is 0 Å². The molecule has 17 heavy (non-hydrogen) atoms. The van der Waals surface area contributed by atoms with E-state index >= 15 is 0 Å². The fraction of sp³-hybridized carbons (Fsp3) is 0.643. The van der Waals surface area contributed by atoms with Gasteiger partial charge in [-0.2, -0.15) is 0 Å². The van der Waals surface area contributed by atoms with Crippen LogP contribution in [-0.2, 0) is 19.4 Å². The molecule has 0 fully saturated rings. The highest BCUT2D eigenvalue weighted by atomic mass is 16.1. The first-order chi connectivity index (χ1) is 8.04. The second kappa shape index (κ2) is 4.65. The number of hydrogen-bond acceptors (Lipinski definition) is 2. The van der Waals surface area contributed by atoms with Gasteiger partial charge < -0.3 is 10.3 Å². The van der Waals surface area contributed by atoms with Crippen LogP contribution in [0.1, 0.15) is 50.1 Å². The number of pyridine rings is 1. The van der Waals surface area contributed by atoms with E-state index in [9.17, 15) is 4.79 Å². The van der Waals surface area contributed by atoms with Crippen LogP contribution in [-0.4, -0.2) is 4.57 Å². The molecule has 2 N–H and O–H groups in total. The number of hydrogen-bond donors (Lipinski definition) is 1. The minimum atomic E-state index is 0.107. The molecule has 3 heteroatoms. The Morgan fingerprint density at radius 1 is 1.53 bits per heavy atom. The zero-order valence-corrected chi connectivity index (χ0v) is 11.0. The highest BCUT2D eigenvalue weighted by Gasteiger charge is 2.21. The molecule has 1 atom stereocenters. The van der Waals surface area contributed by atoms with E-state index in [4.69, 9.17) is 5.73 Å². The van der Waals surface area contributed by atoms with E-state index in [-0.39, 0.29) is 11.6 Å². The Balaban J connectivity index is 2.64. The molecule has 1 aliphatic carbocycles. The van der Waals surface area contributed by atoms with Gasteiger partial charge in [0.05, 0.1) is 0 Å². The van der Waals surface area contributed by atoms with Gasteiger partial charge in [-0.15, -0.1) is 0 Å². The summed E-state index contributed by atoms with van der Waals surface area (Å²) in [5.74, 6) is 0.714. The van der Waals surface area contributed by atoms with Crippen LogP contribution in [0, 0.1) is 5.92 Å². The van der Waals surface area contributed by atoms with Crippen LogP contribution < -0.4 is 11.3 Å². The van der Waals surface area contributed by atoms with Gasteiger partial charge in [0.1, 0.15) is 0 Å². The molecule has 1 aromatic heterocycles. The van der Waals surface area contributed by atoms with Gasteiger partial charge in [0.25, 0.3) is 5.56 Å². The van der Waals surface area contributed by atoms with E-state index in [2.05, 4.69) is 20.8 Å². The van der Waals surface area contributed by atoms with Gasteiger partial charge in [0.15, 0.2) is 0 Å². The fourth-order valence-corrected chi connectivity index (χ4v) is 2.80. The number of aromatic nitrogens is 1. The van der Waals surface area contributed by atoms with Gasteiger partial charge in [-0.25, -0.2) is 0 Å². The first-order valence-electron chi connectivity index (χ1n) is 6.50. The number of rotatable bonds is 2. The zero-order chi connectivity index (χ0) is 12.6.